The fourth-order valence-electron chi connectivity index (χ4n) is 2.05. The molecule has 2 rings (SSSR count). The first-order valence-electron chi connectivity index (χ1n) is 5.48. The van der Waals surface area contributed by atoms with E-state index in [9.17, 15) is 4.79 Å². The molecule has 1 heterocycles. The molecule has 1 fully saturated rings. The number of Topliss-reactive ketones (excluding diaryl/α,β-unsaturated/α-hetero) is 1. The topological polar surface area (TPSA) is 55.1 Å². The van der Waals surface area contributed by atoms with Crippen LogP contribution in [0.1, 0.15) is 29.6 Å². The number of carbonyl (C=O) groups excluding carboxylic acids is 1. The molecular weight excluding hydrogens is 224 g/mol. The quantitative estimate of drug-likeness (QED) is 0.627. The van der Waals surface area contributed by atoms with Crippen LogP contribution in [0.15, 0.2) is 18.2 Å². The predicted molar refractivity (Wildman–Crippen MR) is 65.8 cm³/mol. The first-order chi connectivity index (χ1) is 7.66. The van der Waals surface area contributed by atoms with Gasteiger partial charge in [-0.15, -0.1) is 0 Å². The van der Waals surface area contributed by atoms with Gasteiger partial charge in [-0.3, -0.25) is 4.79 Å². The van der Waals surface area contributed by atoms with E-state index in [1.165, 1.54) is 0 Å². The van der Waals surface area contributed by atoms with Crippen LogP contribution in [0.5, 0.6) is 0 Å². The lowest BCUT2D eigenvalue weighted by atomic mass is 10.0. The minimum Gasteiger partial charge on any atom is -0.398 e. The third-order valence-electron chi connectivity index (χ3n) is 2.91. The smallest absolute Gasteiger partial charge is 0.166 e. The number of benzene rings is 1. The van der Waals surface area contributed by atoms with Crippen LogP contribution in [0.25, 0.3) is 0 Å². The summed E-state index contributed by atoms with van der Waals surface area (Å²) < 4.78 is 0. The Hall–Kier alpha value is -1.06. The van der Waals surface area contributed by atoms with Gasteiger partial charge in [0.25, 0.3) is 0 Å². The van der Waals surface area contributed by atoms with Crippen LogP contribution >= 0.6 is 11.6 Å². The summed E-state index contributed by atoms with van der Waals surface area (Å²) in [4.78, 5) is 12.0. The lowest BCUT2D eigenvalue weighted by Crippen LogP contribution is -2.24. The lowest BCUT2D eigenvalue weighted by Gasteiger charge is -2.10. The van der Waals surface area contributed by atoms with Crippen molar-refractivity contribution in [3.05, 3.63) is 28.8 Å². The average Bonchev–Trinajstić information content (AvgIpc) is 2.70. The summed E-state index contributed by atoms with van der Waals surface area (Å²) in [5.74, 6) is 0.0913. The molecule has 4 heteroatoms. The van der Waals surface area contributed by atoms with Gasteiger partial charge in [-0.1, -0.05) is 11.6 Å². The molecule has 0 amide bonds. The van der Waals surface area contributed by atoms with Crippen molar-refractivity contribution in [1.29, 1.82) is 0 Å². The SMILES string of the molecule is Nc1cc(Cl)ccc1C(=O)CC1CCCN1. The Bertz CT molecular complexity index is 400. The Morgan fingerprint density at radius 2 is 2.38 bits per heavy atom. The van der Waals surface area contributed by atoms with E-state index in [-0.39, 0.29) is 5.78 Å². The molecule has 1 aliphatic heterocycles. The maximum atomic E-state index is 12.0. The van der Waals surface area contributed by atoms with Crippen LogP contribution in [0, 0.1) is 0 Å². The normalized spacial score (nSPS) is 19.9. The first-order valence-corrected chi connectivity index (χ1v) is 5.86. The zero-order valence-corrected chi connectivity index (χ0v) is 9.76. The van der Waals surface area contributed by atoms with Gasteiger partial charge < -0.3 is 11.1 Å². The van der Waals surface area contributed by atoms with Gasteiger partial charge in [-0.2, -0.15) is 0 Å². The van der Waals surface area contributed by atoms with Gasteiger partial charge in [-0.05, 0) is 37.6 Å². The second-order valence-corrected chi connectivity index (χ2v) is 4.59. The zero-order valence-electron chi connectivity index (χ0n) is 9.00. The van der Waals surface area contributed by atoms with Crippen molar-refractivity contribution in [3.8, 4) is 0 Å². The Labute approximate surface area is 100.0 Å². The van der Waals surface area contributed by atoms with Crippen LogP contribution in [-0.4, -0.2) is 18.4 Å². The summed E-state index contributed by atoms with van der Waals surface area (Å²) in [5, 5.41) is 3.86. The number of hydrogen-bond donors (Lipinski definition) is 2. The van der Waals surface area contributed by atoms with Crippen LogP contribution in [0.3, 0.4) is 0 Å². The number of nitrogens with two attached hydrogens (primary N) is 1. The van der Waals surface area contributed by atoms with Crippen molar-refractivity contribution in [1.82, 2.24) is 5.32 Å². The number of nitrogen functional groups attached to an aromatic ring is 1. The minimum atomic E-state index is 0.0913. The molecule has 1 atom stereocenters. The summed E-state index contributed by atoms with van der Waals surface area (Å²) in [7, 11) is 0. The van der Waals surface area contributed by atoms with Crippen molar-refractivity contribution < 1.29 is 4.79 Å². The molecule has 0 radical (unpaired) electrons. The number of halogens is 1. The summed E-state index contributed by atoms with van der Waals surface area (Å²) in [6.07, 6.45) is 2.74. The van der Waals surface area contributed by atoms with Crippen LogP contribution in [-0.2, 0) is 0 Å². The number of nitrogens with one attached hydrogen (secondary N) is 1. The number of hydrogen-bond acceptors (Lipinski definition) is 3. The summed E-state index contributed by atoms with van der Waals surface area (Å²) >= 11 is 5.79. The van der Waals surface area contributed by atoms with Crippen molar-refractivity contribution in [2.75, 3.05) is 12.3 Å². The molecule has 1 unspecified atom stereocenters. The van der Waals surface area contributed by atoms with Gasteiger partial charge in [0.15, 0.2) is 5.78 Å². The molecule has 1 saturated heterocycles. The number of anilines is 1. The predicted octanol–water partition coefficient (Wildman–Crippen LogP) is 2.25. The Morgan fingerprint density at radius 1 is 1.56 bits per heavy atom. The van der Waals surface area contributed by atoms with Gasteiger partial charge in [-0.25, -0.2) is 0 Å². The van der Waals surface area contributed by atoms with Crippen LogP contribution in [0.4, 0.5) is 5.69 Å². The van der Waals surface area contributed by atoms with E-state index in [4.69, 9.17) is 17.3 Å². The highest BCUT2D eigenvalue weighted by Crippen LogP contribution is 2.21. The molecule has 1 aromatic rings. The molecule has 0 bridgehead atoms. The third-order valence-corrected chi connectivity index (χ3v) is 3.14. The van der Waals surface area contributed by atoms with Gasteiger partial charge in [0.2, 0.25) is 0 Å². The summed E-state index contributed by atoms with van der Waals surface area (Å²) in [6, 6.07) is 5.33. The fraction of sp³-hybridized carbons (Fsp3) is 0.417. The van der Waals surface area contributed by atoms with Crippen LogP contribution in [0.2, 0.25) is 5.02 Å². The van der Waals surface area contributed by atoms with Crippen molar-refractivity contribution in [3.63, 3.8) is 0 Å². The van der Waals surface area contributed by atoms with E-state index in [0.29, 0.717) is 28.7 Å². The van der Waals surface area contributed by atoms with Crippen molar-refractivity contribution >= 4 is 23.1 Å². The fourth-order valence-corrected chi connectivity index (χ4v) is 2.23. The van der Waals surface area contributed by atoms with Gasteiger partial charge >= 0.3 is 0 Å². The molecule has 1 aromatic carbocycles. The highest BCUT2D eigenvalue weighted by molar-refractivity contribution is 6.31. The van der Waals surface area contributed by atoms with Gasteiger partial charge in [0.05, 0.1) is 0 Å². The summed E-state index contributed by atoms with van der Waals surface area (Å²) in [5.41, 5.74) is 6.82. The van der Waals surface area contributed by atoms with E-state index < -0.39 is 0 Å². The summed E-state index contributed by atoms with van der Waals surface area (Å²) in [6.45, 7) is 1.01. The zero-order chi connectivity index (χ0) is 11.5. The highest BCUT2D eigenvalue weighted by atomic mass is 35.5. The number of ketones is 1. The highest BCUT2D eigenvalue weighted by Gasteiger charge is 2.19. The van der Waals surface area contributed by atoms with E-state index in [1.54, 1.807) is 18.2 Å². The standard InChI is InChI=1S/C12H15ClN2O/c13-8-3-4-10(11(14)6-8)12(16)7-9-2-1-5-15-9/h3-4,6,9,15H,1-2,5,7,14H2. The van der Waals surface area contributed by atoms with Gasteiger partial charge in [0.1, 0.15) is 0 Å². The molecule has 0 spiro atoms. The maximum Gasteiger partial charge on any atom is 0.166 e. The number of carbonyl (C=O) groups is 1. The molecule has 0 aromatic heterocycles. The largest absolute Gasteiger partial charge is 0.398 e. The number of rotatable bonds is 3. The molecule has 3 N–H and O–H groups in total. The third kappa shape index (κ3) is 2.54. The Balaban J connectivity index is 2.08. The minimum absolute atomic E-state index is 0.0913. The lowest BCUT2D eigenvalue weighted by molar-refractivity contribution is 0.0972. The first kappa shape index (κ1) is 11.4. The molecule has 86 valence electrons. The van der Waals surface area contributed by atoms with E-state index >= 15 is 0 Å². The average molecular weight is 239 g/mol. The van der Waals surface area contributed by atoms with E-state index in [2.05, 4.69) is 5.32 Å². The van der Waals surface area contributed by atoms with Crippen LogP contribution < -0.4 is 11.1 Å². The Morgan fingerprint density at radius 3 is 3.00 bits per heavy atom. The Kier molecular flexibility index (Phi) is 3.46. The molecule has 16 heavy (non-hydrogen) atoms. The molecule has 0 saturated carbocycles. The second-order valence-electron chi connectivity index (χ2n) is 4.15. The van der Waals surface area contributed by atoms with Crippen molar-refractivity contribution in [2.24, 2.45) is 0 Å². The molecule has 1 aliphatic rings. The van der Waals surface area contributed by atoms with E-state index in [0.717, 1.165) is 19.4 Å². The van der Waals surface area contributed by atoms with Crippen molar-refractivity contribution in [2.45, 2.75) is 25.3 Å². The molecule has 3 nitrogen and oxygen atoms in total. The van der Waals surface area contributed by atoms with Gasteiger partial charge in [0, 0.05) is 28.7 Å². The maximum absolute atomic E-state index is 12.0. The molecular formula is C12H15ClN2O. The monoisotopic (exact) mass is 238 g/mol. The van der Waals surface area contributed by atoms with E-state index in [1.807, 2.05) is 0 Å². The molecule has 0 aliphatic carbocycles. The second kappa shape index (κ2) is 4.85.